The summed E-state index contributed by atoms with van der Waals surface area (Å²) >= 11 is 1.78. The number of Topliss-reactive ketones (excluding diaryl/α,β-unsaturated/α-hetero) is 1. The zero-order chi connectivity index (χ0) is 15.8. The van der Waals surface area contributed by atoms with E-state index >= 15 is 0 Å². The summed E-state index contributed by atoms with van der Waals surface area (Å²) < 4.78 is 0. The quantitative estimate of drug-likeness (QED) is 0.783. The van der Waals surface area contributed by atoms with Gasteiger partial charge in [0, 0.05) is 22.6 Å². The third-order valence-electron chi connectivity index (χ3n) is 4.49. The SMILES string of the molecule is C[C@H]1CC(=O)C2=C(C1)Nc1ccccc1S[C@H]2c1ccccc1. The minimum Gasteiger partial charge on any atom is -0.358 e. The maximum atomic E-state index is 12.8. The highest BCUT2D eigenvalue weighted by molar-refractivity contribution is 8.00. The molecule has 0 aromatic heterocycles. The van der Waals surface area contributed by atoms with Gasteiger partial charge in [-0.3, -0.25) is 4.79 Å². The fraction of sp³-hybridized carbons (Fsp3) is 0.250. The van der Waals surface area contributed by atoms with E-state index in [1.54, 1.807) is 11.8 Å². The Labute approximate surface area is 141 Å². The first-order valence-electron chi connectivity index (χ1n) is 8.06. The number of ketones is 1. The predicted octanol–water partition coefficient (Wildman–Crippen LogP) is 5.20. The van der Waals surface area contributed by atoms with Crippen molar-refractivity contribution in [1.82, 2.24) is 0 Å². The molecule has 2 aliphatic rings. The summed E-state index contributed by atoms with van der Waals surface area (Å²) in [6, 6.07) is 18.7. The number of para-hydroxylation sites is 1. The van der Waals surface area contributed by atoms with Crippen molar-refractivity contribution in [2.45, 2.75) is 29.9 Å². The van der Waals surface area contributed by atoms with Crippen LogP contribution in [0.2, 0.25) is 0 Å². The molecular formula is C20H19NOS. The van der Waals surface area contributed by atoms with Crippen molar-refractivity contribution in [1.29, 1.82) is 0 Å². The number of thioether (sulfide) groups is 1. The lowest BCUT2D eigenvalue weighted by molar-refractivity contribution is -0.116. The molecule has 0 fully saturated rings. The molecule has 0 unspecified atom stereocenters. The summed E-state index contributed by atoms with van der Waals surface area (Å²) in [5, 5.41) is 3.63. The fourth-order valence-corrected chi connectivity index (χ4v) is 4.77. The van der Waals surface area contributed by atoms with E-state index in [1.165, 1.54) is 10.5 Å². The van der Waals surface area contributed by atoms with Crippen molar-refractivity contribution in [3.8, 4) is 0 Å². The van der Waals surface area contributed by atoms with Gasteiger partial charge in [-0.25, -0.2) is 0 Å². The van der Waals surface area contributed by atoms with Gasteiger partial charge in [0.1, 0.15) is 0 Å². The lowest BCUT2D eigenvalue weighted by Gasteiger charge is -2.27. The zero-order valence-corrected chi connectivity index (χ0v) is 13.9. The van der Waals surface area contributed by atoms with E-state index in [9.17, 15) is 4.79 Å². The minimum atomic E-state index is 0.0716. The molecule has 0 saturated heterocycles. The molecule has 1 N–H and O–H groups in total. The molecule has 1 aliphatic heterocycles. The summed E-state index contributed by atoms with van der Waals surface area (Å²) in [6.45, 7) is 2.16. The average molecular weight is 321 g/mol. The minimum absolute atomic E-state index is 0.0716. The van der Waals surface area contributed by atoms with Crippen LogP contribution in [-0.2, 0) is 4.79 Å². The number of nitrogens with one attached hydrogen (secondary N) is 1. The Balaban J connectivity index is 1.88. The lowest BCUT2D eigenvalue weighted by Crippen LogP contribution is -2.23. The third-order valence-corrected chi connectivity index (χ3v) is 5.85. The van der Waals surface area contributed by atoms with Crippen LogP contribution >= 0.6 is 11.8 Å². The number of carbonyl (C=O) groups is 1. The Morgan fingerprint density at radius 3 is 2.57 bits per heavy atom. The van der Waals surface area contributed by atoms with Crippen LogP contribution in [0.15, 0.2) is 70.8 Å². The van der Waals surface area contributed by atoms with E-state index < -0.39 is 0 Å². The maximum Gasteiger partial charge on any atom is 0.162 e. The molecule has 0 saturated carbocycles. The lowest BCUT2D eigenvalue weighted by atomic mass is 9.84. The maximum absolute atomic E-state index is 12.8. The summed E-state index contributed by atoms with van der Waals surface area (Å²) in [5.74, 6) is 0.695. The number of rotatable bonds is 1. The number of allylic oxidation sites excluding steroid dienone is 1. The Hall–Kier alpha value is -2.00. The topological polar surface area (TPSA) is 29.1 Å². The molecule has 0 spiro atoms. The van der Waals surface area contributed by atoms with Gasteiger partial charge >= 0.3 is 0 Å². The van der Waals surface area contributed by atoms with Gasteiger partial charge in [0.2, 0.25) is 0 Å². The Morgan fingerprint density at radius 2 is 1.74 bits per heavy atom. The van der Waals surface area contributed by atoms with Gasteiger partial charge < -0.3 is 5.32 Å². The van der Waals surface area contributed by atoms with E-state index in [0.29, 0.717) is 18.1 Å². The van der Waals surface area contributed by atoms with E-state index in [1.807, 2.05) is 12.1 Å². The highest BCUT2D eigenvalue weighted by Crippen LogP contribution is 2.49. The second kappa shape index (κ2) is 5.89. The second-order valence-corrected chi connectivity index (χ2v) is 7.51. The third kappa shape index (κ3) is 2.70. The molecule has 2 aromatic rings. The van der Waals surface area contributed by atoms with Crippen molar-refractivity contribution in [2.24, 2.45) is 5.92 Å². The molecule has 3 heteroatoms. The molecule has 0 bridgehead atoms. The Bertz CT molecular complexity index is 781. The summed E-state index contributed by atoms with van der Waals surface area (Å²) in [4.78, 5) is 14.0. The smallest absolute Gasteiger partial charge is 0.162 e. The highest BCUT2D eigenvalue weighted by Gasteiger charge is 2.34. The molecule has 2 atom stereocenters. The van der Waals surface area contributed by atoms with Gasteiger partial charge in [-0.15, -0.1) is 11.8 Å². The van der Waals surface area contributed by atoms with E-state index in [2.05, 4.69) is 54.7 Å². The number of hydrogen-bond donors (Lipinski definition) is 1. The van der Waals surface area contributed by atoms with Crippen LogP contribution in [0.5, 0.6) is 0 Å². The molecule has 23 heavy (non-hydrogen) atoms. The zero-order valence-electron chi connectivity index (χ0n) is 13.1. The molecule has 1 heterocycles. The van der Waals surface area contributed by atoms with Crippen molar-refractivity contribution in [3.05, 3.63) is 71.4 Å². The summed E-state index contributed by atoms with van der Waals surface area (Å²) in [6.07, 6.45) is 1.60. The van der Waals surface area contributed by atoms with Gasteiger partial charge in [0.25, 0.3) is 0 Å². The van der Waals surface area contributed by atoms with E-state index in [-0.39, 0.29) is 5.25 Å². The van der Waals surface area contributed by atoms with Crippen LogP contribution in [0.3, 0.4) is 0 Å². The van der Waals surface area contributed by atoms with Crippen molar-refractivity contribution < 1.29 is 4.79 Å². The van der Waals surface area contributed by atoms with Gasteiger partial charge in [0.15, 0.2) is 5.78 Å². The number of anilines is 1. The van der Waals surface area contributed by atoms with Crippen LogP contribution < -0.4 is 5.32 Å². The second-order valence-electron chi connectivity index (χ2n) is 6.36. The van der Waals surface area contributed by atoms with E-state index in [4.69, 9.17) is 0 Å². The Kier molecular flexibility index (Phi) is 3.74. The van der Waals surface area contributed by atoms with Gasteiger partial charge in [-0.2, -0.15) is 0 Å². The number of hydrogen-bond acceptors (Lipinski definition) is 3. The summed E-state index contributed by atoms with van der Waals surface area (Å²) in [5.41, 5.74) is 4.40. The first-order chi connectivity index (χ1) is 11.2. The van der Waals surface area contributed by atoms with Gasteiger partial charge in [0.05, 0.1) is 10.9 Å². The monoisotopic (exact) mass is 321 g/mol. The number of fused-ring (bicyclic) bond motifs is 1. The predicted molar refractivity (Wildman–Crippen MR) is 95.5 cm³/mol. The standard InChI is InChI=1S/C20H19NOS/c1-13-11-16-19(17(22)12-13)20(14-7-3-2-4-8-14)23-18-10-6-5-9-15(18)21-16/h2-10,13,20-21H,11-12H2,1H3/t13-,20+/m1/s1. The molecule has 2 nitrogen and oxygen atoms in total. The molecule has 116 valence electrons. The Morgan fingerprint density at radius 1 is 1.00 bits per heavy atom. The van der Waals surface area contributed by atoms with Crippen LogP contribution in [0.1, 0.15) is 30.6 Å². The normalized spacial score (nSPS) is 23.6. The number of benzene rings is 2. The fourth-order valence-electron chi connectivity index (χ4n) is 3.43. The largest absolute Gasteiger partial charge is 0.358 e. The summed E-state index contributed by atoms with van der Waals surface area (Å²) in [7, 11) is 0. The molecule has 1 aliphatic carbocycles. The van der Waals surface area contributed by atoms with Crippen molar-refractivity contribution in [3.63, 3.8) is 0 Å². The molecule has 4 rings (SSSR count). The molecule has 0 amide bonds. The van der Waals surface area contributed by atoms with Crippen molar-refractivity contribution >= 4 is 23.2 Å². The van der Waals surface area contributed by atoms with Crippen molar-refractivity contribution in [2.75, 3.05) is 5.32 Å². The highest BCUT2D eigenvalue weighted by atomic mass is 32.2. The van der Waals surface area contributed by atoms with Crippen LogP contribution in [0.4, 0.5) is 5.69 Å². The van der Waals surface area contributed by atoms with Crippen LogP contribution in [-0.4, -0.2) is 5.78 Å². The van der Waals surface area contributed by atoms with Crippen LogP contribution in [0, 0.1) is 5.92 Å². The molecule has 2 aromatic carbocycles. The first kappa shape index (κ1) is 14.6. The van der Waals surface area contributed by atoms with Gasteiger partial charge in [-0.05, 0) is 30.0 Å². The van der Waals surface area contributed by atoms with Gasteiger partial charge in [-0.1, -0.05) is 49.4 Å². The average Bonchev–Trinajstić information content (AvgIpc) is 2.72. The molecule has 0 radical (unpaired) electrons. The number of carbonyl (C=O) groups excluding carboxylic acids is 1. The molecular weight excluding hydrogens is 302 g/mol. The first-order valence-corrected chi connectivity index (χ1v) is 8.94. The van der Waals surface area contributed by atoms with E-state index in [0.717, 1.165) is 23.4 Å². The van der Waals surface area contributed by atoms with Crippen LogP contribution in [0.25, 0.3) is 0 Å².